The van der Waals surface area contributed by atoms with E-state index in [0.29, 0.717) is 0 Å². The molecule has 0 radical (unpaired) electrons. The van der Waals surface area contributed by atoms with Gasteiger partial charge in [0.05, 0.1) is 6.10 Å². The minimum absolute atomic E-state index is 0. The predicted octanol–water partition coefficient (Wildman–Crippen LogP) is -0.309. The molecule has 1 rings (SSSR count). The molecule has 2 atom stereocenters. The molecule has 4 heteroatoms. The van der Waals surface area contributed by atoms with Crippen molar-refractivity contribution in [1.29, 1.82) is 0 Å². The normalized spacial score (nSPS) is 20.6. The van der Waals surface area contributed by atoms with Crippen LogP contribution in [0.5, 0.6) is 0 Å². The number of unbranched alkanes of at least 4 members (excludes halogenated alkanes) is 2. The second-order valence-corrected chi connectivity index (χ2v) is 4.06. The largest absolute Gasteiger partial charge is 2.00 e. The van der Waals surface area contributed by atoms with Crippen LogP contribution in [-0.2, 0) is 9.47 Å². The second-order valence-electron chi connectivity index (χ2n) is 4.06. The van der Waals surface area contributed by atoms with Gasteiger partial charge in [0, 0.05) is 6.61 Å². The van der Waals surface area contributed by atoms with Gasteiger partial charge in [0.25, 0.3) is 0 Å². The van der Waals surface area contributed by atoms with E-state index in [9.17, 15) is 0 Å². The van der Waals surface area contributed by atoms with Crippen molar-refractivity contribution in [1.82, 2.24) is 0 Å². The van der Waals surface area contributed by atoms with Gasteiger partial charge in [-0.05, 0) is 32.1 Å². The van der Waals surface area contributed by atoms with Crippen LogP contribution in [0.15, 0.2) is 0 Å². The smallest absolute Gasteiger partial charge is 1.00 e. The monoisotopic (exact) mass is 312 g/mol. The molecule has 1 aliphatic rings. The fraction of sp³-hybridized carbons (Fsp3) is 0.846. The van der Waals surface area contributed by atoms with Crippen molar-refractivity contribution in [3.05, 3.63) is 6.42 Å². The molecule has 2 unspecified atom stereocenters. The third-order valence-electron chi connectivity index (χ3n) is 2.68. The van der Waals surface area contributed by atoms with Crippen molar-refractivity contribution >= 4 is 23.1 Å². The van der Waals surface area contributed by atoms with Crippen LogP contribution >= 0.6 is 0 Å². The molecule has 0 aromatic rings. The van der Waals surface area contributed by atoms with Crippen molar-refractivity contribution in [2.75, 3.05) is 6.61 Å². The molecule has 1 fully saturated rings. The molecular formula is C13H21BrMgO2. The summed E-state index contributed by atoms with van der Waals surface area (Å²) in [6.07, 6.45) is 14.6. The fourth-order valence-corrected chi connectivity index (χ4v) is 1.76. The summed E-state index contributed by atoms with van der Waals surface area (Å²) in [5.41, 5.74) is 0. The fourth-order valence-electron chi connectivity index (χ4n) is 1.76. The molecule has 0 N–H and O–H groups in total. The first kappa shape index (κ1) is 20.1. The summed E-state index contributed by atoms with van der Waals surface area (Å²) in [5.74, 6) is 2.46. The van der Waals surface area contributed by atoms with E-state index in [1.54, 1.807) is 0 Å². The number of halogens is 1. The van der Waals surface area contributed by atoms with Crippen LogP contribution in [0, 0.1) is 12.3 Å². The first-order valence-corrected chi connectivity index (χ1v) is 6.06. The van der Waals surface area contributed by atoms with E-state index < -0.39 is 0 Å². The Kier molecular flexibility index (Phi) is 15.5. The summed E-state index contributed by atoms with van der Waals surface area (Å²) in [5, 5.41) is 0. The number of hydrogen-bond donors (Lipinski definition) is 0. The Hall–Kier alpha value is 0.726. The summed E-state index contributed by atoms with van der Waals surface area (Å²) in [6.45, 7) is 2.97. The number of ether oxygens (including phenoxy) is 2. The van der Waals surface area contributed by atoms with Crippen LogP contribution in [-0.4, -0.2) is 42.1 Å². The zero-order chi connectivity index (χ0) is 10.9. The molecule has 94 valence electrons. The Labute approximate surface area is 132 Å². The molecule has 0 spiro atoms. The van der Waals surface area contributed by atoms with Crippen LogP contribution in [0.25, 0.3) is 0 Å². The minimum atomic E-state index is -0.167. The Morgan fingerprint density at radius 2 is 2.18 bits per heavy atom. The van der Waals surface area contributed by atoms with E-state index in [1.165, 1.54) is 19.3 Å². The van der Waals surface area contributed by atoms with Crippen LogP contribution in [0.3, 0.4) is 0 Å². The van der Waals surface area contributed by atoms with Gasteiger partial charge in [-0.2, -0.15) is 0 Å². The molecule has 0 saturated carbocycles. The number of hydrogen-bond acceptors (Lipinski definition) is 2. The van der Waals surface area contributed by atoms with Crippen LogP contribution in [0.1, 0.15) is 51.9 Å². The van der Waals surface area contributed by atoms with Crippen LogP contribution in [0.2, 0.25) is 0 Å². The second kappa shape index (κ2) is 13.2. The third-order valence-corrected chi connectivity index (χ3v) is 2.68. The average molecular weight is 314 g/mol. The van der Waals surface area contributed by atoms with Gasteiger partial charge in [-0.3, -0.25) is 0 Å². The molecule has 0 aromatic heterocycles. The van der Waals surface area contributed by atoms with Crippen molar-refractivity contribution in [2.45, 2.75) is 64.3 Å². The van der Waals surface area contributed by atoms with Crippen LogP contribution < -0.4 is 17.0 Å². The third kappa shape index (κ3) is 9.32. The van der Waals surface area contributed by atoms with Gasteiger partial charge in [-0.1, -0.05) is 19.8 Å². The Balaban J connectivity index is 0. The van der Waals surface area contributed by atoms with E-state index in [0.717, 1.165) is 32.3 Å². The van der Waals surface area contributed by atoms with E-state index in [4.69, 9.17) is 15.9 Å². The molecule has 1 saturated heterocycles. The van der Waals surface area contributed by atoms with Gasteiger partial charge in [0.2, 0.25) is 0 Å². The predicted molar refractivity (Wildman–Crippen MR) is 65.5 cm³/mol. The van der Waals surface area contributed by atoms with Gasteiger partial charge in [-0.25, -0.2) is 0 Å². The summed E-state index contributed by atoms with van der Waals surface area (Å²) >= 11 is 0. The maximum absolute atomic E-state index is 7.18. The summed E-state index contributed by atoms with van der Waals surface area (Å²) < 4.78 is 11.1. The summed E-state index contributed by atoms with van der Waals surface area (Å²) in [7, 11) is 0. The molecule has 1 heterocycles. The average Bonchev–Trinajstić information content (AvgIpc) is 2.29. The maximum atomic E-state index is 7.18. The molecule has 2 nitrogen and oxygen atoms in total. The Morgan fingerprint density at radius 3 is 2.71 bits per heavy atom. The topological polar surface area (TPSA) is 18.5 Å². The molecular weight excluding hydrogens is 292 g/mol. The van der Waals surface area contributed by atoms with Gasteiger partial charge in [0.15, 0.2) is 6.29 Å². The molecule has 0 bridgehead atoms. The van der Waals surface area contributed by atoms with Crippen molar-refractivity contribution in [3.8, 4) is 5.92 Å². The Bertz CT molecular complexity index is 200. The van der Waals surface area contributed by atoms with Gasteiger partial charge < -0.3 is 38.8 Å². The minimum Gasteiger partial charge on any atom is -1.00 e. The van der Waals surface area contributed by atoms with Gasteiger partial charge in [-0.15, -0.1) is 0 Å². The molecule has 0 amide bonds. The van der Waals surface area contributed by atoms with Crippen molar-refractivity contribution in [2.24, 2.45) is 0 Å². The molecule has 1 aliphatic heterocycles. The zero-order valence-corrected chi connectivity index (χ0v) is 13.7. The first-order chi connectivity index (χ1) is 7.36. The Morgan fingerprint density at radius 1 is 1.41 bits per heavy atom. The quantitative estimate of drug-likeness (QED) is 0.290. The SMILES string of the molecule is [Br-].[C-]#CC(CCCCC)OC1CCCCO1.[Mg+2]. The van der Waals surface area contributed by atoms with Gasteiger partial charge in [0.1, 0.15) is 0 Å². The maximum Gasteiger partial charge on any atom is 2.00 e. The molecule has 0 aromatic carbocycles. The number of rotatable bonds is 6. The molecule has 0 aliphatic carbocycles. The molecule has 17 heavy (non-hydrogen) atoms. The van der Waals surface area contributed by atoms with Gasteiger partial charge >= 0.3 is 23.1 Å². The standard InChI is InChI=1S/C13H21O2.BrH.Mg/c1-3-5-6-9-12(4-2)15-13-10-7-8-11-14-13;;/h12-13H,3,5-11H2,1H3;1H;/q-1;;+2/p-1. The van der Waals surface area contributed by atoms with E-state index in [2.05, 4.69) is 12.8 Å². The van der Waals surface area contributed by atoms with Crippen molar-refractivity contribution in [3.63, 3.8) is 0 Å². The van der Waals surface area contributed by atoms with Crippen LogP contribution in [0.4, 0.5) is 0 Å². The van der Waals surface area contributed by atoms with E-state index in [-0.39, 0.29) is 52.4 Å². The van der Waals surface area contributed by atoms with Crippen molar-refractivity contribution < 1.29 is 26.5 Å². The van der Waals surface area contributed by atoms with E-state index in [1.807, 2.05) is 0 Å². The summed E-state index contributed by atoms with van der Waals surface area (Å²) in [4.78, 5) is 0. The zero-order valence-electron chi connectivity index (χ0n) is 10.7. The first-order valence-electron chi connectivity index (χ1n) is 6.06. The van der Waals surface area contributed by atoms with E-state index >= 15 is 0 Å². The summed E-state index contributed by atoms with van der Waals surface area (Å²) in [6, 6.07) is 0.